The highest BCUT2D eigenvalue weighted by Crippen LogP contribution is 2.23. The van der Waals surface area contributed by atoms with Crippen LogP contribution in [0.15, 0.2) is 54.6 Å². The third kappa shape index (κ3) is 4.12. The van der Waals surface area contributed by atoms with Gasteiger partial charge in [-0.2, -0.15) is 0 Å². The van der Waals surface area contributed by atoms with Crippen LogP contribution in [0.4, 0.5) is 0 Å². The Bertz CT molecular complexity index is 810. The summed E-state index contributed by atoms with van der Waals surface area (Å²) in [6, 6.07) is 18.8. The first kappa shape index (κ1) is 17.7. The molecular formula is C21H23ClN2O. The zero-order valence-electron chi connectivity index (χ0n) is 14.5. The van der Waals surface area contributed by atoms with Gasteiger partial charge in [0.25, 0.3) is 0 Å². The molecule has 0 radical (unpaired) electrons. The van der Waals surface area contributed by atoms with E-state index < -0.39 is 0 Å². The summed E-state index contributed by atoms with van der Waals surface area (Å²) in [5.41, 5.74) is 4.27. The average molecular weight is 355 g/mol. The fourth-order valence-electron chi connectivity index (χ4n) is 2.98. The van der Waals surface area contributed by atoms with E-state index >= 15 is 0 Å². The third-order valence-electron chi connectivity index (χ3n) is 4.41. The molecule has 0 aliphatic heterocycles. The third-order valence-corrected chi connectivity index (χ3v) is 4.71. The van der Waals surface area contributed by atoms with Crippen LogP contribution < -0.4 is 0 Å². The van der Waals surface area contributed by atoms with Crippen molar-refractivity contribution in [3.8, 4) is 11.1 Å². The first-order valence-corrected chi connectivity index (χ1v) is 9.09. The van der Waals surface area contributed by atoms with Crippen LogP contribution in [0.3, 0.4) is 0 Å². The van der Waals surface area contributed by atoms with Gasteiger partial charge in [-0.15, -0.1) is 0 Å². The summed E-state index contributed by atoms with van der Waals surface area (Å²) in [6.45, 7) is 2.73. The maximum Gasteiger partial charge on any atom is 0.152 e. The summed E-state index contributed by atoms with van der Waals surface area (Å²) in [7, 11) is 0. The van der Waals surface area contributed by atoms with Gasteiger partial charge in [-0.25, -0.2) is 4.98 Å². The van der Waals surface area contributed by atoms with Gasteiger partial charge in [-0.1, -0.05) is 79.5 Å². The van der Waals surface area contributed by atoms with E-state index in [9.17, 15) is 5.11 Å². The lowest BCUT2D eigenvalue weighted by atomic mass is 10.0. The van der Waals surface area contributed by atoms with Crippen LogP contribution in [0.2, 0.25) is 5.15 Å². The molecule has 3 rings (SSSR count). The molecule has 130 valence electrons. The lowest BCUT2D eigenvalue weighted by Gasteiger charge is -2.12. The summed E-state index contributed by atoms with van der Waals surface area (Å²) in [5, 5.41) is 10.1. The number of aromatic nitrogens is 2. The van der Waals surface area contributed by atoms with Gasteiger partial charge in [0.1, 0.15) is 5.82 Å². The molecule has 0 bridgehead atoms. The van der Waals surface area contributed by atoms with Crippen molar-refractivity contribution in [2.75, 3.05) is 0 Å². The summed E-state index contributed by atoms with van der Waals surface area (Å²) in [4.78, 5) is 4.45. The Morgan fingerprint density at radius 2 is 1.68 bits per heavy atom. The van der Waals surface area contributed by atoms with E-state index in [1.165, 1.54) is 16.7 Å². The van der Waals surface area contributed by atoms with Crippen molar-refractivity contribution in [3.63, 3.8) is 0 Å². The first-order chi connectivity index (χ1) is 12.2. The molecule has 0 aliphatic carbocycles. The molecule has 0 unspecified atom stereocenters. The van der Waals surface area contributed by atoms with E-state index in [0.717, 1.165) is 25.1 Å². The number of unbranched alkanes of at least 4 members (excludes halogenated alkanes) is 1. The number of hydrogen-bond acceptors (Lipinski definition) is 2. The second-order valence-corrected chi connectivity index (χ2v) is 6.53. The predicted molar refractivity (Wildman–Crippen MR) is 103 cm³/mol. The molecule has 0 saturated heterocycles. The summed E-state index contributed by atoms with van der Waals surface area (Å²) in [5.74, 6) is 0.947. The van der Waals surface area contributed by atoms with Gasteiger partial charge in [0.15, 0.2) is 5.15 Å². The largest absolute Gasteiger partial charge is 0.390 e. The van der Waals surface area contributed by atoms with Crippen molar-refractivity contribution in [2.45, 2.75) is 39.3 Å². The summed E-state index contributed by atoms with van der Waals surface area (Å²) in [6.07, 6.45) is 3.04. The minimum atomic E-state index is -0.0972. The molecule has 0 spiro atoms. The molecule has 3 aromatic rings. The summed E-state index contributed by atoms with van der Waals surface area (Å²) < 4.78 is 2.05. The Morgan fingerprint density at radius 1 is 1.00 bits per heavy atom. The monoisotopic (exact) mass is 354 g/mol. The van der Waals surface area contributed by atoms with Crippen molar-refractivity contribution in [1.82, 2.24) is 9.55 Å². The van der Waals surface area contributed by atoms with Crippen LogP contribution in [0.5, 0.6) is 0 Å². The zero-order chi connectivity index (χ0) is 17.6. The highest BCUT2D eigenvalue weighted by Gasteiger charge is 2.15. The quantitative estimate of drug-likeness (QED) is 0.642. The topological polar surface area (TPSA) is 38.1 Å². The maximum atomic E-state index is 9.66. The molecular weight excluding hydrogens is 332 g/mol. The predicted octanol–water partition coefficient (Wildman–Crippen LogP) is 5.09. The van der Waals surface area contributed by atoms with Crippen molar-refractivity contribution in [3.05, 3.63) is 76.8 Å². The first-order valence-electron chi connectivity index (χ1n) is 8.72. The second kappa shape index (κ2) is 8.32. The molecule has 0 amide bonds. The molecule has 0 atom stereocenters. The summed E-state index contributed by atoms with van der Waals surface area (Å²) >= 11 is 6.21. The molecule has 0 aliphatic rings. The van der Waals surface area contributed by atoms with Gasteiger partial charge in [-0.3, -0.25) is 0 Å². The minimum Gasteiger partial charge on any atom is -0.390 e. The fraction of sp³-hybridized carbons (Fsp3) is 0.286. The Labute approximate surface area is 153 Å². The van der Waals surface area contributed by atoms with Crippen molar-refractivity contribution >= 4 is 11.6 Å². The van der Waals surface area contributed by atoms with Crippen LogP contribution in [0.25, 0.3) is 11.1 Å². The fourth-order valence-corrected chi connectivity index (χ4v) is 3.24. The molecule has 4 heteroatoms. The van der Waals surface area contributed by atoms with Crippen LogP contribution in [0.1, 0.15) is 36.8 Å². The van der Waals surface area contributed by atoms with Gasteiger partial charge in [-0.05, 0) is 23.1 Å². The number of imidazole rings is 1. The number of aliphatic hydroxyl groups excluding tert-OH is 1. The number of nitrogens with zero attached hydrogens (tertiary/aromatic N) is 2. The minimum absolute atomic E-state index is 0.0972. The van der Waals surface area contributed by atoms with E-state index in [-0.39, 0.29) is 6.61 Å². The van der Waals surface area contributed by atoms with Crippen molar-refractivity contribution < 1.29 is 5.11 Å². The van der Waals surface area contributed by atoms with Crippen LogP contribution in [-0.4, -0.2) is 14.7 Å². The standard InChI is InChI=1S/C21H23ClN2O/c1-2-3-9-20-23-21(22)19(15-25)24(20)14-16-10-12-18(13-11-16)17-7-5-4-6-8-17/h4-8,10-13,25H,2-3,9,14-15H2,1H3. The second-order valence-electron chi connectivity index (χ2n) is 6.18. The van der Waals surface area contributed by atoms with E-state index in [2.05, 4.69) is 52.9 Å². The van der Waals surface area contributed by atoms with Gasteiger partial charge >= 0.3 is 0 Å². The maximum absolute atomic E-state index is 9.66. The number of hydrogen-bond donors (Lipinski definition) is 1. The average Bonchev–Trinajstić information content (AvgIpc) is 2.95. The molecule has 1 N–H and O–H groups in total. The molecule has 0 saturated carbocycles. The van der Waals surface area contributed by atoms with Gasteiger partial charge in [0.05, 0.1) is 12.3 Å². The molecule has 25 heavy (non-hydrogen) atoms. The van der Waals surface area contributed by atoms with Gasteiger partial charge in [0.2, 0.25) is 0 Å². The van der Waals surface area contributed by atoms with Crippen LogP contribution in [0, 0.1) is 0 Å². The van der Waals surface area contributed by atoms with E-state index in [0.29, 0.717) is 17.4 Å². The SMILES string of the molecule is CCCCc1nc(Cl)c(CO)n1Cc1ccc(-c2ccccc2)cc1. The highest BCUT2D eigenvalue weighted by atomic mass is 35.5. The molecule has 1 aromatic heterocycles. The smallest absolute Gasteiger partial charge is 0.152 e. The normalized spacial score (nSPS) is 11.0. The number of halogens is 1. The lowest BCUT2D eigenvalue weighted by molar-refractivity contribution is 0.271. The van der Waals surface area contributed by atoms with E-state index in [1.54, 1.807) is 0 Å². The lowest BCUT2D eigenvalue weighted by Crippen LogP contribution is -2.09. The molecule has 1 heterocycles. The Kier molecular flexibility index (Phi) is 5.90. The van der Waals surface area contributed by atoms with Gasteiger partial charge < -0.3 is 9.67 Å². The number of benzene rings is 2. The van der Waals surface area contributed by atoms with E-state index in [1.807, 2.05) is 18.2 Å². The van der Waals surface area contributed by atoms with Crippen molar-refractivity contribution in [1.29, 1.82) is 0 Å². The van der Waals surface area contributed by atoms with Crippen molar-refractivity contribution in [2.24, 2.45) is 0 Å². The molecule has 0 fully saturated rings. The number of rotatable bonds is 7. The van der Waals surface area contributed by atoms with E-state index in [4.69, 9.17) is 11.6 Å². The van der Waals surface area contributed by atoms with Crippen LogP contribution in [-0.2, 0) is 19.6 Å². The Balaban J connectivity index is 1.84. The van der Waals surface area contributed by atoms with Crippen LogP contribution >= 0.6 is 11.6 Å². The molecule has 2 aromatic carbocycles. The number of aryl methyl sites for hydroxylation is 1. The number of aliphatic hydroxyl groups is 1. The Hall–Kier alpha value is -2.10. The Morgan fingerprint density at radius 3 is 2.32 bits per heavy atom. The van der Waals surface area contributed by atoms with Gasteiger partial charge in [0, 0.05) is 13.0 Å². The zero-order valence-corrected chi connectivity index (χ0v) is 15.2. The molecule has 3 nitrogen and oxygen atoms in total. The highest BCUT2D eigenvalue weighted by molar-refractivity contribution is 6.30.